The summed E-state index contributed by atoms with van der Waals surface area (Å²) < 4.78 is 24.1. The van der Waals surface area contributed by atoms with E-state index < -0.39 is 10.2 Å². The fraction of sp³-hybridized carbons (Fsp3) is 0.571. The third-order valence-corrected chi connectivity index (χ3v) is 4.41. The first-order chi connectivity index (χ1) is 9.96. The number of nitrogens with two attached hydrogens (primary N) is 1. The highest BCUT2D eigenvalue weighted by Crippen LogP contribution is 2.24. The van der Waals surface area contributed by atoms with Gasteiger partial charge in [-0.15, -0.1) is 0 Å². The second kappa shape index (κ2) is 7.33. The van der Waals surface area contributed by atoms with E-state index in [0.717, 1.165) is 32.6 Å². The SMILES string of the molecule is CN1CCN(CCCNS(N)(=O)=O)[C@H](c2ccccc2)C1. The molecule has 7 heteroatoms. The third kappa shape index (κ3) is 5.37. The van der Waals surface area contributed by atoms with Crippen molar-refractivity contribution in [3.8, 4) is 0 Å². The van der Waals surface area contributed by atoms with Gasteiger partial charge in [0.15, 0.2) is 0 Å². The van der Waals surface area contributed by atoms with Crippen LogP contribution in [0, 0.1) is 0 Å². The first-order valence-corrected chi connectivity index (χ1v) is 8.75. The maximum absolute atomic E-state index is 10.9. The molecule has 1 aromatic rings. The van der Waals surface area contributed by atoms with E-state index in [1.54, 1.807) is 0 Å². The van der Waals surface area contributed by atoms with Gasteiger partial charge in [-0.25, -0.2) is 9.86 Å². The highest BCUT2D eigenvalue weighted by Gasteiger charge is 2.25. The van der Waals surface area contributed by atoms with E-state index in [2.05, 4.69) is 45.8 Å². The fourth-order valence-electron chi connectivity index (χ4n) is 2.71. The molecule has 1 aromatic carbocycles. The Morgan fingerprint density at radius 2 is 2.00 bits per heavy atom. The number of benzene rings is 1. The van der Waals surface area contributed by atoms with Crippen molar-refractivity contribution in [3.63, 3.8) is 0 Å². The zero-order valence-corrected chi connectivity index (χ0v) is 13.2. The molecule has 0 unspecified atom stereocenters. The van der Waals surface area contributed by atoms with Crippen LogP contribution >= 0.6 is 0 Å². The van der Waals surface area contributed by atoms with Gasteiger partial charge in [-0.2, -0.15) is 8.42 Å². The highest BCUT2D eigenvalue weighted by molar-refractivity contribution is 7.87. The Labute approximate surface area is 127 Å². The molecule has 0 bridgehead atoms. The minimum absolute atomic E-state index is 0.361. The zero-order valence-electron chi connectivity index (χ0n) is 12.4. The number of hydrogen-bond donors (Lipinski definition) is 2. The molecule has 1 heterocycles. The second-order valence-corrected chi connectivity index (χ2v) is 6.90. The van der Waals surface area contributed by atoms with Gasteiger partial charge in [-0.1, -0.05) is 30.3 Å². The molecule has 2 rings (SSSR count). The van der Waals surface area contributed by atoms with Crippen LogP contribution in [0.3, 0.4) is 0 Å². The molecule has 1 saturated heterocycles. The van der Waals surface area contributed by atoms with E-state index in [9.17, 15) is 8.42 Å². The molecule has 0 saturated carbocycles. The molecule has 0 aromatic heterocycles. The third-order valence-electron chi connectivity index (χ3n) is 3.80. The summed E-state index contributed by atoms with van der Waals surface area (Å²) in [6.45, 7) is 4.26. The minimum atomic E-state index is -3.58. The lowest BCUT2D eigenvalue weighted by molar-refractivity contribution is 0.0892. The fourth-order valence-corrected chi connectivity index (χ4v) is 3.14. The van der Waals surface area contributed by atoms with Gasteiger partial charge in [0.2, 0.25) is 0 Å². The van der Waals surface area contributed by atoms with Gasteiger partial charge < -0.3 is 4.90 Å². The Kier molecular flexibility index (Phi) is 5.72. The van der Waals surface area contributed by atoms with E-state index in [4.69, 9.17) is 5.14 Å². The van der Waals surface area contributed by atoms with Crippen LogP contribution in [0.4, 0.5) is 0 Å². The summed E-state index contributed by atoms with van der Waals surface area (Å²) in [5.74, 6) is 0. The summed E-state index contributed by atoms with van der Waals surface area (Å²) in [6.07, 6.45) is 0.753. The van der Waals surface area contributed by atoms with Crippen molar-refractivity contribution in [2.45, 2.75) is 12.5 Å². The smallest absolute Gasteiger partial charge is 0.274 e. The number of hydrogen-bond acceptors (Lipinski definition) is 4. The van der Waals surface area contributed by atoms with E-state index in [1.165, 1.54) is 5.56 Å². The molecular weight excluding hydrogens is 288 g/mol. The molecule has 3 N–H and O–H groups in total. The second-order valence-electron chi connectivity index (χ2n) is 5.52. The lowest BCUT2D eigenvalue weighted by Crippen LogP contribution is -2.47. The summed E-state index contributed by atoms with van der Waals surface area (Å²) in [5.41, 5.74) is 1.31. The Hall–Kier alpha value is -0.990. The van der Waals surface area contributed by atoms with Crippen molar-refractivity contribution < 1.29 is 8.42 Å². The van der Waals surface area contributed by atoms with Gasteiger partial charge in [0.1, 0.15) is 0 Å². The normalized spacial score (nSPS) is 21.5. The van der Waals surface area contributed by atoms with E-state index in [0.29, 0.717) is 12.6 Å². The van der Waals surface area contributed by atoms with Crippen molar-refractivity contribution in [2.75, 3.05) is 39.8 Å². The van der Waals surface area contributed by atoms with E-state index in [-0.39, 0.29) is 0 Å². The summed E-state index contributed by atoms with van der Waals surface area (Å²) in [4.78, 5) is 4.75. The van der Waals surface area contributed by atoms with Crippen LogP contribution in [0.25, 0.3) is 0 Å². The monoisotopic (exact) mass is 312 g/mol. The number of rotatable bonds is 6. The van der Waals surface area contributed by atoms with Crippen LogP contribution in [0.5, 0.6) is 0 Å². The number of likely N-dealkylation sites (N-methyl/N-ethyl adjacent to an activating group) is 1. The van der Waals surface area contributed by atoms with Crippen molar-refractivity contribution in [1.82, 2.24) is 14.5 Å². The number of nitrogens with zero attached hydrogens (tertiary/aromatic N) is 2. The van der Waals surface area contributed by atoms with Crippen molar-refractivity contribution in [2.24, 2.45) is 5.14 Å². The standard InChI is InChI=1S/C14H24N4O2S/c1-17-10-11-18(9-5-8-16-21(15,19)20)14(12-17)13-6-3-2-4-7-13/h2-4,6-7,14,16H,5,8-12H2,1H3,(H2,15,19,20)/t14-/m0/s1. The largest absolute Gasteiger partial charge is 0.303 e. The van der Waals surface area contributed by atoms with E-state index >= 15 is 0 Å². The van der Waals surface area contributed by atoms with Gasteiger partial charge in [0, 0.05) is 38.8 Å². The first-order valence-electron chi connectivity index (χ1n) is 7.20. The molecule has 0 radical (unpaired) electrons. The highest BCUT2D eigenvalue weighted by atomic mass is 32.2. The van der Waals surface area contributed by atoms with E-state index in [1.807, 2.05) is 6.07 Å². The Balaban J connectivity index is 1.93. The van der Waals surface area contributed by atoms with Crippen molar-refractivity contribution >= 4 is 10.2 Å². The van der Waals surface area contributed by atoms with Crippen LogP contribution in [-0.2, 0) is 10.2 Å². The number of nitrogens with one attached hydrogen (secondary N) is 1. The quantitative estimate of drug-likeness (QED) is 0.733. The van der Waals surface area contributed by atoms with Crippen LogP contribution in [-0.4, -0.2) is 58.0 Å². The number of piperazine rings is 1. The van der Waals surface area contributed by atoms with Crippen LogP contribution < -0.4 is 9.86 Å². The lowest BCUT2D eigenvalue weighted by atomic mass is 10.0. The minimum Gasteiger partial charge on any atom is -0.303 e. The maximum atomic E-state index is 10.9. The van der Waals surface area contributed by atoms with Gasteiger partial charge in [-0.3, -0.25) is 4.90 Å². The molecule has 0 aliphatic carbocycles. The molecule has 6 nitrogen and oxygen atoms in total. The first kappa shape index (κ1) is 16.4. The summed E-state index contributed by atoms with van der Waals surface area (Å²) >= 11 is 0. The van der Waals surface area contributed by atoms with Crippen molar-refractivity contribution in [3.05, 3.63) is 35.9 Å². The molecular formula is C14H24N4O2S. The predicted molar refractivity (Wildman–Crippen MR) is 84.0 cm³/mol. The molecule has 118 valence electrons. The molecule has 0 amide bonds. The molecule has 1 aliphatic rings. The lowest BCUT2D eigenvalue weighted by Gasteiger charge is -2.40. The summed E-state index contributed by atoms with van der Waals surface area (Å²) in [7, 11) is -1.44. The van der Waals surface area contributed by atoms with Crippen LogP contribution in [0.2, 0.25) is 0 Å². The van der Waals surface area contributed by atoms with Gasteiger partial charge >= 0.3 is 0 Å². The zero-order chi connectivity index (χ0) is 15.3. The van der Waals surface area contributed by atoms with Crippen LogP contribution in [0.15, 0.2) is 30.3 Å². The van der Waals surface area contributed by atoms with Gasteiger partial charge in [-0.05, 0) is 19.0 Å². The molecule has 1 aliphatic heterocycles. The van der Waals surface area contributed by atoms with Gasteiger partial charge in [0.25, 0.3) is 10.2 Å². The summed E-state index contributed by atoms with van der Waals surface area (Å²) in [6, 6.07) is 10.8. The topological polar surface area (TPSA) is 78.7 Å². The Bertz CT molecular complexity index is 535. The molecule has 0 spiro atoms. The molecule has 21 heavy (non-hydrogen) atoms. The average molecular weight is 312 g/mol. The van der Waals surface area contributed by atoms with Gasteiger partial charge in [0.05, 0.1) is 0 Å². The average Bonchev–Trinajstić information content (AvgIpc) is 2.45. The molecule has 1 fully saturated rings. The predicted octanol–water partition coefficient (Wildman–Crippen LogP) is 0.158. The molecule has 1 atom stereocenters. The van der Waals surface area contributed by atoms with Crippen LogP contribution in [0.1, 0.15) is 18.0 Å². The maximum Gasteiger partial charge on any atom is 0.274 e. The van der Waals surface area contributed by atoms with Crippen molar-refractivity contribution in [1.29, 1.82) is 0 Å². The summed E-state index contributed by atoms with van der Waals surface area (Å²) in [5, 5.41) is 4.93. The Morgan fingerprint density at radius 1 is 1.29 bits per heavy atom. The Morgan fingerprint density at radius 3 is 2.67 bits per heavy atom.